The summed E-state index contributed by atoms with van der Waals surface area (Å²) in [6, 6.07) is 10.1. The molecule has 0 spiro atoms. The van der Waals surface area contributed by atoms with Crippen molar-refractivity contribution in [3.8, 4) is 23.0 Å². The van der Waals surface area contributed by atoms with Gasteiger partial charge in [-0.25, -0.2) is 15.0 Å². The highest BCUT2D eigenvalue weighted by Gasteiger charge is 2.24. The van der Waals surface area contributed by atoms with E-state index in [1.165, 1.54) is 0 Å². The van der Waals surface area contributed by atoms with Crippen molar-refractivity contribution in [2.75, 3.05) is 53.4 Å². The number of aromatic nitrogens is 9. The van der Waals surface area contributed by atoms with Gasteiger partial charge >= 0.3 is 5.97 Å². The number of hydrogen-bond acceptors (Lipinski definition) is 14. The number of hydrogen-bond donors (Lipinski definition) is 3. The number of ketones is 1. The van der Waals surface area contributed by atoms with E-state index in [1.54, 1.807) is 48.3 Å². The number of aryl methyl sites for hydroxylation is 4. The average molecular weight is 948 g/mol. The number of imidazole rings is 1. The number of allylic oxidation sites excluding steroid dienone is 2. The zero-order valence-electron chi connectivity index (χ0n) is 39.4. The molecule has 5 N–H and O–H groups in total. The van der Waals surface area contributed by atoms with Crippen LogP contribution in [0, 0.1) is 13.8 Å². The normalized spacial score (nSPS) is 11.7. The highest BCUT2D eigenvalue weighted by atomic mass is 16.5. The van der Waals surface area contributed by atoms with E-state index >= 15 is 0 Å². The van der Waals surface area contributed by atoms with E-state index in [4.69, 9.17) is 55.2 Å². The molecule has 0 aliphatic rings. The molecule has 0 fully saturated rings. The van der Waals surface area contributed by atoms with E-state index in [0.29, 0.717) is 100 Å². The summed E-state index contributed by atoms with van der Waals surface area (Å²) in [5.74, 6) is -0.861. The zero-order chi connectivity index (χ0) is 49.2. The van der Waals surface area contributed by atoms with E-state index in [1.807, 2.05) is 59.7 Å². The maximum Gasteiger partial charge on any atom is 0.305 e. The summed E-state index contributed by atoms with van der Waals surface area (Å²) in [6.45, 7) is 10.7. The smallest absolute Gasteiger partial charge is 0.305 e. The van der Waals surface area contributed by atoms with Gasteiger partial charge in [-0.15, -0.1) is 0 Å². The van der Waals surface area contributed by atoms with Crippen LogP contribution in [-0.2, 0) is 51.6 Å². The summed E-state index contributed by atoms with van der Waals surface area (Å²) in [5.41, 5.74) is 16.9. The first-order valence-electron chi connectivity index (χ1n) is 22.7. The third-order valence-electron chi connectivity index (χ3n) is 11.2. The molecule has 0 unspecified atom stereocenters. The summed E-state index contributed by atoms with van der Waals surface area (Å²) in [7, 11) is 1.62. The molecule has 5 aromatic heterocycles. The molecule has 2 aromatic carbocycles. The van der Waals surface area contributed by atoms with Crippen molar-refractivity contribution in [3.63, 3.8) is 0 Å². The number of aliphatic carboxylic acids is 1. The Morgan fingerprint density at radius 1 is 0.710 bits per heavy atom. The van der Waals surface area contributed by atoms with E-state index in [0.717, 1.165) is 11.4 Å². The molecular formula is C48H57N11O10. The van der Waals surface area contributed by atoms with Crippen molar-refractivity contribution in [3.05, 3.63) is 88.8 Å². The number of carbonyl (C=O) groups excluding carboxylic acids is 3. The molecule has 7 aromatic rings. The van der Waals surface area contributed by atoms with Crippen LogP contribution in [0.1, 0.15) is 75.1 Å². The maximum absolute atomic E-state index is 14.0. The first-order chi connectivity index (χ1) is 33.3. The summed E-state index contributed by atoms with van der Waals surface area (Å²) in [5, 5.41) is 19.3. The Labute approximate surface area is 396 Å². The summed E-state index contributed by atoms with van der Waals surface area (Å²) < 4.78 is 36.2. The monoisotopic (exact) mass is 947 g/mol. The van der Waals surface area contributed by atoms with E-state index in [2.05, 4.69) is 10.2 Å². The molecule has 0 atom stereocenters. The minimum absolute atomic E-state index is 0.0686. The van der Waals surface area contributed by atoms with Crippen molar-refractivity contribution < 1.29 is 48.0 Å². The lowest BCUT2D eigenvalue weighted by Crippen LogP contribution is -2.15. The Bertz CT molecular complexity index is 3040. The van der Waals surface area contributed by atoms with Gasteiger partial charge in [-0.1, -0.05) is 12.2 Å². The second-order valence-electron chi connectivity index (χ2n) is 16.1. The molecule has 364 valence electrons. The second kappa shape index (κ2) is 22.5. The van der Waals surface area contributed by atoms with Gasteiger partial charge in [0.25, 0.3) is 0 Å². The minimum Gasteiger partial charge on any atom is -0.491 e. The fourth-order valence-corrected chi connectivity index (χ4v) is 8.03. The number of benzene rings is 2. The Morgan fingerprint density at radius 2 is 1.35 bits per heavy atom. The molecule has 0 saturated carbocycles. The summed E-state index contributed by atoms with van der Waals surface area (Å²) in [6.07, 6.45) is 6.00. The molecule has 0 aliphatic carbocycles. The van der Waals surface area contributed by atoms with Crippen molar-refractivity contribution in [1.82, 2.24) is 43.6 Å². The number of rotatable bonds is 27. The molecule has 0 saturated heterocycles. The third-order valence-corrected chi connectivity index (χ3v) is 11.2. The van der Waals surface area contributed by atoms with Gasteiger partial charge in [0.2, 0.25) is 11.8 Å². The highest BCUT2D eigenvalue weighted by molar-refractivity contribution is 6.12. The van der Waals surface area contributed by atoms with Crippen LogP contribution in [0.25, 0.3) is 44.5 Å². The Kier molecular flexibility index (Phi) is 16.1. The number of fused-ring (bicyclic) bond motifs is 4. The molecule has 7 rings (SSSR count). The predicted octanol–water partition coefficient (Wildman–Crippen LogP) is 4.83. The Balaban J connectivity index is 1.28. The fraction of sp³-hybridized carbons (Fsp3) is 0.396. The van der Waals surface area contributed by atoms with Crippen molar-refractivity contribution in [2.45, 2.75) is 73.1 Å². The van der Waals surface area contributed by atoms with Gasteiger partial charge in [0.05, 0.1) is 68.3 Å². The molecular weight excluding hydrogens is 891 g/mol. The van der Waals surface area contributed by atoms with Crippen molar-refractivity contribution in [2.24, 2.45) is 11.5 Å². The Morgan fingerprint density at radius 3 is 2.04 bits per heavy atom. The number of methoxy groups -OCH3 is 1. The molecule has 5 heterocycles. The highest BCUT2D eigenvalue weighted by Crippen LogP contribution is 2.37. The van der Waals surface area contributed by atoms with Crippen LogP contribution in [0.2, 0.25) is 0 Å². The van der Waals surface area contributed by atoms with Crippen LogP contribution < -0.4 is 20.9 Å². The topological polar surface area (TPSA) is 271 Å². The average Bonchev–Trinajstić information content (AvgIpc) is 4.09. The van der Waals surface area contributed by atoms with Gasteiger partial charge in [-0.2, -0.15) is 10.2 Å². The molecule has 2 amide bonds. The number of amides is 2. The third kappa shape index (κ3) is 11.4. The van der Waals surface area contributed by atoms with Crippen LogP contribution in [0.4, 0.5) is 0 Å². The van der Waals surface area contributed by atoms with Gasteiger partial charge in [-0.05, 0) is 64.1 Å². The molecule has 0 radical (unpaired) electrons. The van der Waals surface area contributed by atoms with Gasteiger partial charge in [-0.3, -0.25) is 28.5 Å². The number of ether oxygens (including phenoxy) is 5. The quantitative estimate of drug-likeness (QED) is 0.0354. The maximum atomic E-state index is 14.0. The lowest BCUT2D eigenvalue weighted by molar-refractivity contribution is -0.138. The summed E-state index contributed by atoms with van der Waals surface area (Å²) in [4.78, 5) is 64.8. The van der Waals surface area contributed by atoms with Gasteiger partial charge < -0.3 is 49.4 Å². The van der Waals surface area contributed by atoms with Crippen LogP contribution in [0.15, 0.2) is 54.7 Å². The molecule has 21 heteroatoms. The van der Waals surface area contributed by atoms with Crippen molar-refractivity contribution >= 4 is 56.5 Å². The molecule has 0 aliphatic heterocycles. The van der Waals surface area contributed by atoms with Crippen LogP contribution in [-0.4, -0.2) is 126 Å². The standard InChI is InChI=1S/C48H57N11O10/c1-6-58-36(21-29(3)54-58)38(60)27-41-52-35-24-32(46(50)64)26-40(69-20-19-67-18-17-66-16-11-42(61)62)44(35)56(41)12-8-9-13-57-43-33(23-31(45(49)63)25-39(43)68-15-10-14-65-5)34-28-51-47(53-48(34)57)37-22-30(4)55-59(37)7-2/h8-9,21-26,28H,6-7,10-20,27H2,1-5H3,(H2,49,63)(H2,50,64)(H,61,62)/b9-8+. The number of carboxylic acid groups (broad SMARTS) is 1. The predicted molar refractivity (Wildman–Crippen MR) is 255 cm³/mol. The minimum atomic E-state index is -0.951. The van der Waals surface area contributed by atoms with Gasteiger partial charge in [0, 0.05) is 74.4 Å². The van der Waals surface area contributed by atoms with Gasteiger partial charge in [0.1, 0.15) is 46.5 Å². The number of carboxylic acids is 1. The first kappa shape index (κ1) is 49.4. The molecule has 21 nitrogen and oxygen atoms in total. The van der Waals surface area contributed by atoms with Crippen LogP contribution >= 0.6 is 0 Å². The van der Waals surface area contributed by atoms with E-state index in [9.17, 15) is 19.2 Å². The van der Waals surface area contributed by atoms with Crippen LogP contribution in [0.5, 0.6) is 11.5 Å². The number of Topliss-reactive ketones (excluding diaryl/α,β-unsaturated/α-hetero) is 1. The number of nitrogens with two attached hydrogens (primary N) is 2. The number of carbonyl (C=O) groups is 4. The number of primary amides is 2. The lowest BCUT2D eigenvalue weighted by atomic mass is 10.1. The molecule has 69 heavy (non-hydrogen) atoms. The largest absolute Gasteiger partial charge is 0.491 e. The summed E-state index contributed by atoms with van der Waals surface area (Å²) >= 11 is 0. The lowest BCUT2D eigenvalue weighted by Gasteiger charge is -2.13. The van der Waals surface area contributed by atoms with Crippen molar-refractivity contribution in [1.29, 1.82) is 0 Å². The Hall–Kier alpha value is -7.49. The van der Waals surface area contributed by atoms with Crippen LogP contribution in [0.3, 0.4) is 0 Å². The first-order valence-corrected chi connectivity index (χ1v) is 22.7. The van der Waals surface area contributed by atoms with E-state index < -0.39 is 17.8 Å². The molecule has 0 bridgehead atoms. The second-order valence-corrected chi connectivity index (χ2v) is 16.1. The van der Waals surface area contributed by atoms with Gasteiger partial charge in [0.15, 0.2) is 11.6 Å². The fourth-order valence-electron chi connectivity index (χ4n) is 8.03. The van der Waals surface area contributed by atoms with E-state index in [-0.39, 0.29) is 75.9 Å². The number of nitrogens with zero attached hydrogens (tertiary/aromatic N) is 9. The SMILES string of the molecule is CCn1nc(C)cc1C(=O)Cc1nc2cc(C(N)=O)cc(OCCOCCOCCC(=O)O)c2n1C/C=C/Cn1c2nc(-c3cc(C)nn3CC)ncc2c2cc(C(N)=O)cc(OCCCOC)c21. The zero-order valence-corrected chi connectivity index (χ0v) is 39.4.